The second kappa shape index (κ2) is 5.84. The largest absolute Gasteiger partial charge is 0.488 e. The van der Waals surface area contributed by atoms with E-state index in [0.717, 1.165) is 22.2 Å². The van der Waals surface area contributed by atoms with Gasteiger partial charge in [-0.2, -0.15) is 0 Å². The summed E-state index contributed by atoms with van der Waals surface area (Å²) in [4.78, 5) is 11.0. The van der Waals surface area contributed by atoms with E-state index in [0.29, 0.717) is 0 Å². The average molecular weight is 325 g/mol. The number of aromatic carboxylic acids is 1. The van der Waals surface area contributed by atoms with Crippen LogP contribution >= 0.6 is 15.9 Å². The molecule has 2 rings (SSSR count). The van der Waals surface area contributed by atoms with Crippen molar-refractivity contribution in [2.24, 2.45) is 0 Å². The predicted molar refractivity (Wildman–Crippen MR) is 71.8 cm³/mol. The van der Waals surface area contributed by atoms with Crippen LogP contribution in [0.4, 0.5) is 4.39 Å². The van der Waals surface area contributed by atoms with Gasteiger partial charge in [0.2, 0.25) is 0 Å². The van der Waals surface area contributed by atoms with Crippen LogP contribution in [0, 0.1) is 5.82 Å². The summed E-state index contributed by atoms with van der Waals surface area (Å²) >= 11 is 3.33. The number of carbonyl (C=O) groups is 1. The predicted octanol–water partition coefficient (Wildman–Crippen LogP) is 3.87. The first-order chi connectivity index (χ1) is 9.06. The van der Waals surface area contributed by atoms with Gasteiger partial charge in [0.05, 0.1) is 0 Å². The number of hydrogen-bond donors (Lipinski definition) is 1. The minimum absolute atomic E-state index is 0.0208. The summed E-state index contributed by atoms with van der Waals surface area (Å²) in [5.41, 5.74) is 0.798. The Morgan fingerprint density at radius 3 is 2.74 bits per heavy atom. The van der Waals surface area contributed by atoms with Crippen molar-refractivity contribution in [2.45, 2.75) is 6.61 Å². The maximum atomic E-state index is 13.1. The van der Waals surface area contributed by atoms with E-state index in [4.69, 9.17) is 9.84 Å². The molecule has 0 aliphatic rings. The van der Waals surface area contributed by atoms with E-state index in [9.17, 15) is 9.18 Å². The third-order valence-corrected chi connectivity index (χ3v) is 2.95. The summed E-state index contributed by atoms with van der Waals surface area (Å²) in [6.07, 6.45) is 0. The Hall–Kier alpha value is -1.88. The van der Waals surface area contributed by atoms with Crippen molar-refractivity contribution >= 4 is 21.9 Å². The second-order valence-corrected chi connectivity index (χ2v) is 4.78. The molecule has 0 aliphatic heterocycles. The lowest BCUT2D eigenvalue weighted by atomic mass is 10.2. The molecule has 2 aromatic carbocycles. The number of carboxylic acids is 1. The smallest absolute Gasteiger partial charge is 0.339 e. The molecule has 98 valence electrons. The van der Waals surface area contributed by atoms with E-state index in [1.807, 2.05) is 24.3 Å². The fourth-order valence-corrected chi connectivity index (χ4v) is 2.03. The minimum Gasteiger partial charge on any atom is -0.488 e. The van der Waals surface area contributed by atoms with E-state index >= 15 is 0 Å². The van der Waals surface area contributed by atoms with Crippen molar-refractivity contribution in [1.29, 1.82) is 0 Å². The molecule has 1 N–H and O–H groups in total. The summed E-state index contributed by atoms with van der Waals surface area (Å²) in [5, 5.41) is 8.99. The highest BCUT2D eigenvalue weighted by atomic mass is 79.9. The zero-order valence-electron chi connectivity index (χ0n) is 9.77. The van der Waals surface area contributed by atoms with Gasteiger partial charge in [-0.3, -0.25) is 0 Å². The molecule has 0 saturated carbocycles. The average Bonchev–Trinajstić information content (AvgIpc) is 2.36. The molecular weight excluding hydrogens is 315 g/mol. The fourth-order valence-electron chi connectivity index (χ4n) is 1.58. The first-order valence-corrected chi connectivity index (χ1v) is 6.25. The molecule has 0 aromatic heterocycles. The number of hydrogen-bond acceptors (Lipinski definition) is 2. The highest BCUT2D eigenvalue weighted by Crippen LogP contribution is 2.22. The molecule has 3 nitrogen and oxygen atoms in total. The van der Waals surface area contributed by atoms with E-state index in [2.05, 4.69) is 15.9 Å². The van der Waals surface area contributed by atoms with E-state index in [-0.39, 0.29) is 17.9 Å². The summed E-state index contributed by atoms with van der Waals surface area (Å²) in [6.45, 7) is 0.170. The summed E-state index contributed by atoms with van der Waals surface area (Å²) in [7, 11) is 0. The van der Waals surface area contributed by atoms with Gasteiger partial charge in [0, 0.05) is 10.5 Å². The number of ether oxygens (including phenoxy) is 1. The van der Waals surface area contributed by atoms with Gasteiger partial charge < -0.3 is 9.84 Å². The highest BCUT2D eigenvalue weighted by molar-refractivity contribution is 9.10. The molecular formula is C14H10BrFO3. The standard InChI is InChI=1S/C14H10BrFO3/c15-10-3-1-2-9(6-10)8-19-13-7-11(16)4-5-12(13)14(17)18/h1-7H,8H2,(H,17,18). The maximum absolute atomic E-state index is 13.1. The molecule has 0 spiro atoms. The van der Waals surface area contributed by atoms with Crippen LogP contribution in [0.2, 0.25) is 0 Å². The van der Waals surface area contributed by atoms with E-state index in [1.54, 1.807) is 0 Å². The molecule has 2 aromatic rings. The Kier molecular flexibility index (Phi) is 4.16. The molecule has 0 aliphatic carbocycles. The SMILES string of the molecule is O=C(O)c1ccc(F)cc1OCc1cccc(Br)c1. The lowest BCUT2D eigenvalue weighted by molar-refractivity contribution is 0.0691. The molecule has 0 heterocycles. The molecule has 0 radical (unpaired) electrons. The van der Waals surface area contributed by atoms with Crippen molar-refractivity contribution < 1.29 is 19.0 Å². The first-order valence-electron chi connectivity index (χ1n) is 5.46. The van der Waals surface area contributed by atoms with Crippen molar-refractivity contribution in [1.82, 2.24) is 0 Å². The quantitative estimate of drug-likeness (QED) is 0.928. The van der Waals surface area contributed by atoms with Gasteiger partial charge in [0.25, 0.3) is 0 Å². The number of benzene rings is 2. The van der Waals surface area contributed by atoms with Gasteiger partial charge in [0.1, 0.15) is 23.7 Å². The molecule has 0 unspecified atom stereocenters. The maximum Gasteiger partial charge on any atom is 0.339 e. The Bertz CT molecular complexity index is 613. The molecule has 5 heteroatoms. The Morgan fingerprint density at radius 1 is 1.26 bits per heavy atom. The third kappa shape index (κ3) is 3.54. The summed E-state index contributed by atoms with van der Waals surface area (Å²) in [6, 6.07) is 10.7. The van der Waals surface area contributed by atoms with Gasteiger partial charge in [-0.25, -0.2) is 9.18 Å². The monoisotopic (exact) mass is 324 g/mol. The summed E-state index contributed by atoms with van der Waals surface area (Å²) in [5.74, 6) is -1.66. The van der Waals surface area contributed by atoms with Crippen molar-refractivity contribution in [3.05, 3.63) is 63.9 Å². The highest BCUT2D eigenvalue weighted by Gasteiger charge is 2.12. The van der Waals surface area contributed by atoms with E-state index < -0.39 is 11.8 Å². The molecule has 0 fully saturated rings. The van der Waals surface area contributed by atoms with Crippen LogP contribution < -0.4 is 4.74 Å². The Labute approximate surface area is 117 Å². The van der Waals surface area contributed by atoms with Crippen LogP contribution in [0.3, 0.4) is 0 Å². The van der Waals surface area contributed by atoms with Gasteiger partial charge >= 0.3 is 5.97 Å². The lowest BCUT2D eigenvalue weighted by Crippen LogP contribution is -2.04. The zero-order chi connectivity index (χ0) is 13.8. The topological polar surface area (TPSA) is 46.5 Å². The van der Waals surface area contributed by atoms with Crippen molar-refractivity contribution in [3.63, 3.8) is 0 Å². The number of rotatable bonds is 4. The van der Waals surface area contributed by atoms with Crippen LogP contribution in [0.15, 0.2) is 46.9 Å². The number of halogens is 2. The molecule has 0 atom stereocenters. The van der Waals surface area contributed by atoms with Gasteiger partial charge in [-0.05, 0) is 29.8 Å². The van der Waals surface area contributed by atoms with Crippen molar-refractivity contribution in [3.8, 4) is 5.75 Å². The van der Waals surface area contributed by atoms with Crippen LogP contribution in [0.25, 0.3) is 0 Å². The third-order valence-electron chi connectivity index (χ3n) is 2.46. The Balaban J connectivity index is 2.19. The van der Waals surface area contributed by atoms with Gasteiger partial charge in [-0.15, -0.1) is 0 Å². The van der Waals surface area contributed by atoms with Gasteiger partial charge in [0.15, 0.2) is 0 Å². The number of carboxylic acid groups (broad SMARTS) is 1. The van der Waals surface area contributed by atoms with E-state index in [1.165, 1.54) is 6.07 Å². The normalized spacial score (nSPS) is 10.2. The Morgan fingerprint density at radius 2 is 2.05 bits per heavy atom. The fraction of sp³-hybridized carbons (Fsp3) is 0.0714. The first kappa shape index (κ1) is 13.5. The molecule has 0 saturated heterocycles. The van der Waals surface area contributed by atoms with Crippen molar-refractivity contribution in [2.75, 3.05) is 0 Å². The second-order valence-electron chi connectivity index (χ2n) is 3.86. The van der Waals surface area contributed by atoms with Crippen LogP contribution in [0.1, 0.15) is 15.9 Å². The lowest BCUT2D eigenvalue weighted by Gasteiger charge is -2.09. The van der Waals surface area contributed by atoms with Gasteiger partial charge in [-0.1, -0.05) is 28.1 Å². The summed E-state index contributed by atoms with van der Waals surface area (Å²) < 4.78 is 19.4. The van der Waals surface area contributed by atoms with Crippen LogP contribution in [-0.2, 0) is 6.61 Å². The molecule has 19 heavy (non-hydrogen) atoms. The zero-order valence-corrected chi connectivity index (χ0v) is 11.4. The van der Waals surface area contributed by atoms with Crippen LogP contribution in [-0.4, -0.2) is 11.1 Å². The molecule has 0 bridgehead atoms. The van der Waals surface area contributed by atoms with Crippen LogP contribution in [0.5, 0.6) is 5.75 Å². The minimum atomic E-state index is -1.15. The molecule has 0 amide bonds.